The molecule has 2 heteroatoms. The lowest BCUT2D eigenvalue weighted by molar-refractivity contribution is 0.662. The van der Waals surface area contributed by atoms with E-state index < -0.39 is 0 Å². The van der Waals surface area contributed by atoms with Gasteiger partial charge in [0.1, 0.15) is 11.2 Å². The van der Waals surface area contributed by atoms with Crippen molar-refractivity contribution in [1.29, 1.82) is 0 Å². The summed E-state index contributed by atoms with van der Waals surface area (Å²) in [6.07, 6.45) is 0. The first-order valence-electron chi connectivity index (χ1n) is 17.7. The Labute approximate surface area is 297 Å². The second-order valence-electron chi connectivity index (χ2n) is 14.1. The highest BCUT2D eigenvalue weighted by Gasteiger charge is 2.37. The lowest BCUT2D eigenvalue weighted by atomic mass is 9.79. The maximum absolute atomic E-state index is 6.39. The Morgan fingerprint density at radius 1 is 0.451 bits per heavy atom. The van der Waals surface area contributed by atoms with Gasteiger partial charge in [-0.2, -0.15) is 0 Å². The molecule has 1 aliphatic carbocycles. The van der Waals surface area contributed by atoms with Crippen LogP contribution in [0.15, 0.2) is 180 Å². The van der Waals surface area contributed by atoms with Crippen molar-refractivity contribution in [2.24, 2.45) is 0 Å². The van der Waals surface area contributed by atoms with Gasteiger partial charge >= 0.3 is 0 Å². The first kappa shape index (κ1) is 29.5. The zero-order valence-electron chi connectivity index (χ0n) is 28.6. The van der Waals surface area contributed by atoms with E-state index in [2.05, 4.69) is 189 Å². The van der Waals surface area contributed by atoms with E-state index in [9.17, 15) is 0 Å². The molecule has 0 aliphatic heterocycles. The molecule has 1 aromatic heterocycles. The van der Waals surface area contributed by atoms with Gasteiger partial charge in [-0.15, -0.1) is 0 Å². The number of hydrogen-bond acceptors (Lipinski definition) is 2. The first-order chi connectivity index (χ1) is 25.0. The van der Waals surface area contributed by atoms with E-state index in [1.807, 2.05) is 6.07 Å². The van der Waals surface area contributed by atoms with Gasteiger partial charge in [-0.3, -0.25) is 0 Å². The van der Waals surface area contributed by atoms with E-state index >= 15 is 0 Å². The normalized spacial score (nSPS) is 13.1. The number of anilines is 3. The van der Waals surface area contributed by atoms with Crippen molar-refractivity contribution in [3.63, 3.8) is 0 Å². The minimum atomic E-state index is -0.0889. The summed E-state index contributed by atoms with van der Waals surface area (Å²) in [5.41, 5.74) is 15.3. The number of nitrogens with zero attached hydrogens (tertiary/aromatic N) is 1. The van der Waals surface area contributed by atoms with Crippen LogP contribution in [0.25, 0.3) is 66.1 Å². The van der Waals surface area contributed by atoms with Crippen molar-refractivity contribution in [2.45, 2.75) is 19.3 Å². The number of rotatable bonds is 5. The zero-order chi connectivity index (χ0) is 34.1. The molecule has 0 bridgehead atoms. The highest BCUT2D eigenvalue weighted by Crippen LogP contribution is 2.52. The molecule has 0 spiro atoms. The molecule has 10 rings (SSSR count). The molecule has 51 heavy (non-hydrogen) atoms. The van der Waals surface area contributed by atoms with Gasteiger partial charge in [0.2, 0.25) is 0 Å². The van der Waals surface area contributed by atoms with Gasteiger partial charge in [0.15, 0.2) is 0 Å². The van der Waals surface area contributed by atoms with E-state index in [1.54, 1.807) is 0 Å². The molecule has 0 saturated carbocycles. The van der Waals surface area contributed by atoms with E-state index in [1.165, 1.54) is 55.3 Å². The second kappa shape index (κ2) is 11.3. The monoisotopic (exact) mass is 653 g/mol. The van der Waals surface area contributed by atoms with Crippen LogP contribution in [-0.4, -0.2) is 0 Å². The SMILES string of the molecule is CC1(C)c2ccccc2-c2cccc(-c3ccc(N(c4cccc(-c5ccc6ccccc6c5)c4)c4cccc5oc6ccccc6c45)cc3)c21. The molecule has 9 aromatic rings. The topological polar surface area (TPSA) is 16.4 Å². The molecule has 1 heterocycles. The zero-order valence-corrected chi connectivity index (χ0v) is 28.6. The van der Waals surface area contributed by atoms with Gasteiger partial charge in [-0.05, 0) is 104 Å². The van der Waals surface area contributed by atoms with Crippen LogP contribution in [-0.2, 0) is 5.41 Å². The number of benzene rings is 8. The molecule has 0 saturated heterocycles. The van der Waals surface area contributed by atoms with Crippen LogP contribution in [0.2, 0.25) is 0 Å². The number of fused-ring (bicyclic) bond motifs is 7. The maximum atomic E-state index is 6.39. The van der Waals surface area contributed by atoms with E-state index in [4.69, 9.17) is 4.42 Å². The van der Waals surface area contributed by atoms with Crippen LogP contribution in [0.4, 0.5) is 17.1 Å². The first-order valence-corrected chi connectivity index (χ1v) is 17.7. The Morgan fingerprint density at radius 2 is 1.12 bits per heavy atom. The van der Waals surface area contributed by atoms with Crippen LogP contribution in [0.3, 0.4) is 0 Å². The largest absolute Gasteiger partial charge is 0.456 e. The molecule has 0 unspecified atom stereocenters. The Morgan fingerprint density at radius 3 is 2.02 bits per heavy atom. The van der Waals surface area contributed by atoms with Gasteiger partial charge in [0.25, 0.3) is 0 Å². The quantitative estimate of drug-likeness (QED) is 0.184. The molecule has 242 valence electrons. The standard InChI is InChI=1S/C49H35NO/c1-49(2)43-20-7-5-16-40(43)41-19-10-18-39(48(41)49)33-26-28-37(29-27-33)50(44-21-11-23-46-47(44)42-17-6-8-22-45(42)51-46)38-15-9-14-35(31-38)36-25-24-32-12-3-4-13-34(32)30-36/h3-31H,1-2H3. The smallest absolute Gasteiger partial charge is 0.137 e. The Balaban J connectivity index is 1.14. The van der Waals surface area contributed by atoms with Gasteiger partial charge in [0.05, 0.1) is 11.1 Å². The molecular formula is C49H35NO. The Kier molecular flexibility index (Phi) is 6.56. The van der Waals surface area contributed by atoms with Crippen molar-refractivity contribution in [3.05, 3.63) is 187 Å². The highest BCUT2D eigenvalue weighted by atomic mass is 16.3. The van der Waals surface area contributed by atoms with Gasteiger partial charge < -0.3 is 9.32 Å². The summed E-state index contributed by atoms with van der Waals surface area (Å²) in [5, 5.41) is 4.70. The van der Waals surface area contributed by atoms with Crippen LogP contribution in [0, 0.1) is 0 Å². The number of para-hydroxylation sites is 1. The fourth-order valence-electron chi connectivity index (χ4n) is 8.44. The third kappa shape index (κ3) is 4.64. The fourth-order valence-corrected chi connectivity index (χ4v) is 8.44. The van der Waals surface area contributed by atoms with Gasteiger partial charge in [-0.1, -0.05) is 141 Å². The summed E-state index contributed by atoms with van der Waals surface area (Å²) in [6, 6.07) is 63.6. The van der Waals surface area contributed by atoms with Crippen LogP contribution < -0.4 is 4.90 Å². The summed E-state index contributed by atoms with van der Waals surface area (Å²) in [6.45, 7) is 4.71. The van der Waals surface area contributed by atoms with E-state index in [0.717, 1.165) is 39.0 Å². The minimum Gasteiger partial charge on any atom is -0.456 e. The van der Waals surface area contributed by atoms with Crippen LogP contribution in [0.5, 0.6) is 0 Å². The maximum Gasteiger partial charge on any atom is 0.137 e. The third-order valence-electron chi connectivity index (χ3n) is 10.8. The van der Waals surface area contributed by atoms with Gasteiger partial charge in [-0.25, -0.2) is 0 Å². The minimum absolute atomic E-state index is 0.0889. The molecule has 0 radical (unpaired) electrons. The molecule has 2 nitrogen and oxygen atoms in total. The lowest BCUT2D eigenvalue weighted by Gasteiger charge is -2.27. The van der Waals surface area contributed by atoms with Crippen molar-refractivity contribution >= 4 is 49.8 Å². The average Bonchev–Trinajstić information content (AvgIpc) is 3.68. The predicted octanol–water partition coefficient (Wildman–Crippen LogP) is 13.8. The lowest BCUT2D eigenvalue weighted by Crippen LogP contribution is -2.16. The summed E-state index contributed by atoms with van der Waals surface area (Å²) in [5.74, 6) is 0. The third-order valence-corrected chi connectivity index (χ3v) is 10.8. The van der Waals surface area contributed by atoms with E-state index in [0.29, 0.717) is 0 Å². The number of hydrogen-bond donors (Lipinski definition) is 0. The average molecular weight is 654 g/mol. The molecular weight excluding hydrogens is 619 g/mol. The second-order valence-corrected chi connectivity index (χ2v) is 14.1. The molecule has 0 fully saturated rings. The van der Waals surface area contributed by atoms with Gasteiger partial charge in [0, 0.05) is 22.2 Å². The van der Waals surface area contributed by atoms with Crippen molar-refractivity contribution in [1.82, 2.24) is 0 Å². The molecule has 0 amide bonds. The summed E-state index contributed by atoms with van der Waals surface area (Å²) in [7, 11) is 0. The molecule has 1 aliphatic rings. The van der Waals surface area contributed by atoms with Crippen molar-refractivity contribution in [3.8, 4) is 33.4 Å². The predicted molar refractivity (Wildman–Crippen MR) is 214 cm³/mol. The van der Waals surface area contributed by atoms with E-state index in [-0.39, 0.29) is 5.41 Å². The highest BCUT2D eigenvalue weighted by molar-refractivity contribution is 6.13. The molecule has 0 atom stereocenters. The molecule has 8 aromatic carbocycles. The fraction of sp³-hybridized carbons (Fsp3) is 0.0612. The summed E-state index contributed by atoms with van der Waals surface area (Å²) < 4.78 is 6.39. The number of furan rings is 1. The van der Waals surface area contributed by atoms with Crippen molar-refractivity contribution in [2.75, 3.05) is 4.90 Å². The van der Waals surface area contributed by atoms with Crippen LogP contribution >= 0.6 is 0 Å². The Hall–Kier alpha value is -6.38. The van der Waals surface area contributed by atoms with Crippen molar-refractivity contribution < 1.29 is 4.42 Å². The summed E-state index contributed by atoms with van der Waals surface area (Å²) in [4.78, 5) is 2.38. The molecule has 0 N–H and O–H groups in total. The summed E-state index contributed by atoms with van der Waals surface area (Å²) >= 11 is 0. The van der Waals surface area contributed by atoms with Crippen LogP contribution in [0.1, 0.15) is 25.0 Å². The Bertz CT molecular complexity index is 2780.